The molecule has 3 amide bonds. The number of anilines is 1. The lowest BCUT2D eigenvalue weighted by molar-refractivity contribution is 0.0967. The molecule has 0 spiro atoms. The SMILES string of the molecule is O=C(NC(=O)c1ccccc1Cl)Nc1cc(Cl)c(-n2cc(Br)cn2)c(Cl)c1. The molecular formula is C17H10BrCl3N4O2. The Morgan fingerprint density at radius 3 is 2.30 bits per heavy atom. The minimum atomic E-state index is -0.748. The van der Waals surface area contributed by atoms with E-state index in [1.54, 1.807) is 30.6 Å². The van der Waals surface area contributed by atoms with E-state index in [0.29, 0.717) is 11.4 Å². The first-order chi connectivity index (χ1) is 12.8. The zero-order chi connectivity index (χ0) is 19.6. The van der Waals surface area contributed by atoms with E-state index in [4.69, 9.17) is 34.8 Å². The lowest BCUT2D eigenvalue weighted by Crippen LogP contribution is -2.34. The quantitative estimate of drug-likeness (QED) is 0.507. The van der Waals surface area contributed by atoms with Crippen LogP contribution in [0.25, 0.3) is 5.69 Å². The third-order valence-electron chi connectivity index (χ3n) is 3.40. The fourth-order valence-corrected chi connectivity index (χ4v) is 3.43. The largest absolute Gasteiger partial charge is 0.326 e. The van der Waals surface area contributed by atoms with Crippen LogP contribution in [-0.4, -0.2) is 21.7 Å². The van der Waals surface area contributed by atoms with E-state index >= 15 is 0 Å². The van der Waals surface area contributed by atoms with Gasteiger partial charge in [0.1, 0.15) is 5.69 Å². The summed E-state index contributed by atoms with van der Waals surface area (Å²) in [7, 11) is 0. The summed E-state index contributed by atoms with van der Waals surface area (Å²) in [6.07, 6.45) is 3.28. The van der Waals surface area contributed by atoms with Gasteiger partial charge in [-0.25, -0.2) is 9.48 Å². The van der Waals surface area contributed by atoms with Gasteiger partial charge in [-0.2, -0.15) is 5.10 Å². The van der Waals surface area contributed by atoms with Gasteiger partial charge in [-0.05, 0) is 40.2 Å². The van der Waals surface area contributed by atoms with Crippen molar-refractivity contribution < 1.29 is 9.59 Å². The molecule has 0 aliphatic carbocycles. The third kappa shape index (κ3) is 4.62. The predicted octanol–water partition coefficient (Wildman–Crippen LogP) is 5.56. The number of carbonyl (C=O) groups is 2. The van der Waals surface area contributed by atoms with Crippen LogP contribution in [-0.2, 0) is 0 Å². The second-order valence-electron chi connectivity index (χ2n) is 5.28. The van der Waals surface area contributed by atoms with Gasteiger partial charge < -0.3 is 5.32 Å². The first-order valence-corrected chi connectivity index (χ1v) is 9.34. The number of imide groups is 1. The zero-order valence-corrected chi connectivity index (χ0v) is 17.2. The van der Waals surface area contributed by atoms with Crippen molar-refractivity contribution in [3.05, 3.63) is 73.9 Å². The molecule has 1 heterocycles. The second-order valence-corrected chi connectivity index (χ2v) is 7.42. The summed E-state index contributed by atoms with van der Waals surface area (Å²) in [6, 6.07) is 8.64. The molecule has 0 aliphatic heterocycles. The van der Waals surface area contributed by atoms with E-state index in [0.717, 1.165) is 4.47 Å². The van der Waals surface area contributed by atoms with Crippen molar-refractivity contribution in [2.75, 3.05) is 5.32 Å². The molecule has 2 N–H and O–H groups in total. The summed E-state index contributed by atoms with van der Waals surface area (Å²) < 4.78 is 2.26. The van der Waals surface area contributed by atoms with Crippen LogP contribution in [0, 0.1) is 0 Å². The molecule has 10 heteroatoms. The molecule has 6 nitrogen and oxygen atoms in total. The highest BCUT2D eigenvalue weighted by atomic mass is 79.9. The standard InChI is InChI=1S/C17H10BrCl3N4O2/c18-9-7-22-25(8-9)15-13(20)5-10(6-14(15)21)23-17(27)24-16(26)11-3-1-2-4-12(11)19/h1-8H,(H2,23,24,26,27). The average molecular weight is 489 g/mol. The molecule has 0 radical (unpaired) electrons. The van der Waals surface area contributed by atoms with Crippen LogP contribution >= 0.6 is 50.7 Å². The zero-order valence-electron chi connectivity index (χ0n) is 13.3. The number of halogens is 4. The van der Waals surface area contributed by atoms with Crippen molar-refractivity contribution in [3.8, 4) is 5.69 Å². The number of hydrogen-bond donors (Lipinski definition) is 2. The Morgan fingerprint density at radius 2 is 1.70 bits per heavy atom. The van der Waals surface area contributed by atoms with Gasteiger partial charge in [0.2, 0.25) is 0 Å². The molecule has 0 saturated carbocycles. The van der Waals surface area contributed by atoms with Crippen LogP contribution in [0.4, 0.5) is 10.5 Å². The number of aromatic nitrogens is 2. The molecule has 1 aromatic heterocycles. The Hall–Kier alpha value is -2.06. The van der Waals surface area contributed by atoms with E-state index in [1.165, 1.54) is 22.9 Å². The Bertz CT molecular complexity index is 1020. The fraction of sp³-hybridized carbons (Fsp3) is 0. The number of carbonyl (C=O) groups excluding carboxylic acids is 2. The van der Waals surface area contributed by atoms with Crippen molar-refractivity contribution in [1.82, 2.24) is 15.1 Å². The molecule has 2 aromatic carbocycles. The van der Waals surface area contributed by atoms with E-state index < -0.39 is 11.9 Å². The minimum absolute atomic E-state index is 0.185. The molecule has 0 aliphatic rings. The topological polar surface area (TPSA) is 76.0 Å². The number of amides is 3. The van der Waals surface area contributed by atoms with Gasteiger partial charge >= 0.3 is 6.03 Å². The number of nitrogens with zero attached hydrogens (tertiary/aromatic N) is 2. The van der Waals surface area contributed by atoms with Crippen molar-refractivity contribution in [2.24, 2.45) is 0 Å². The first-order valence-electron chi connectivity index (χ1n) is 7.41. The smallest absolute Gasteiger partial charge is 0.308 e. The summed E-state index contributed by atoms with van der Waals surface area (Å²) >= 11 is 21.8. The first kappa shape index (κ1) is 19.7. The maximum atomic E-state index is 12.1. The number of nitrogens with one attached hydrogen (secondary N) is 2. The normalized spacial score (nSPS) is 10.5. The number of rotatable bonds is 3. The maximum Gasteiger partial charge on any atom is 0.326 e. The lowest BCUT2D eigenvalue weighted by atomic mass is 10.2. The van der Waals surface area contributed by atoms with Crippen LogP contribution in [0.2, 0.25) is 15.1 Å². The van der Waals surface area contributed by atoms with Crippen molar-refractivity contribution in [3.63, 3.8) is 0 Å². The Labute approximate surface area is 177 Å². The van der Waals surface area contributed by atoms with Crippen molar-refractivity contribution in [2.45, 2.75) is 0 Å². The molecule has 0 fully saturated rings. The van der Waals surface area contributed by atoms with Crippen molar-refractivity contribution in [1.29, 1.82) is 0 Å². The van der Waals surface area contributed by atoms with Gasteiger partial charge in [0, 0.05) is 11.9 Å². The van der Waals surface area contributed by atoms with E-state index in [1.807, 2.05) is 0 Å². The van der Waals surface area contributed by atoms with Crippen LogP contribution in [0.15, 0.2) is 53.3 Å². The van der Waals surface area contributed by atoms with Gasteiger partial charge in [0.05, 0.1) is 31.3 Å². The molecule has 138 valence electrons. The summed E-state index contributed by atoms with van der Waals surface area (Å²) in [5, 5.41) is 9.60. The molecule has 0 atom stereocenters. The van der Waals surface area contributed by atoms with Gasteiger partial charge in [0.25, 0.3) is 5.91 Å². The monoisotopic (exact) mass is 486 g/mol. The highest BCUT2D eigenvalue weighted by Gasteiger charge is 2.16. The van der Waals surface area contributed by atoms with Gasteiger partial charge in [-0.1, -0.05) is 46.9 Å². The molecule has 3 aromatic rings. The highest BCUT2D eigenvalue weighted by molar-refractivity contribution is 9.10. The van der Waals surface area contributed by atoms with Gasteiger partial charge in [-0.15, -0.1) is 0 Å². The Balaban J connectivity index is 1.75. The summed E-state index contributed by atoms with van der Waals surface area (Å²) in [4.78, 5) is 24.2. The number of urea groups is 1. The van der Waals surface area contributed by atoms with E-state index in [2.05, 4.69) is 31.7 Å². The van der Waals surface area contributed by atoms with E-state index in [9.17, 15) is 9.59 Å². The summed E-state index contributed by atoms with van der Waals surface area (Å²) in [5.41, 5.74) is 0.955. The molecule has 0 saturated heterocycles. The number of benzene rings is 2. The molecule has 0 bridgehead atoms. The van der Waals surface area contributed by atoms with Crippen molar-refractivity contribution >= 4 is 68.4 Å². The van der Waals surface area contributed by atoms with Gasteiger partial charge in [-0.3, -0.25) is 10.1 Å². The number of hydrogen-bond acceptors (Lipinski definition) is 3. The van der Waals surface area contributed by atoms with E-state index in [-0.39, 0.29) is 20.6 Å². The highest BCUT2D eigenvalue weighted by Crippen LogP contribution is 2.32. The second kappa shape index (κ2) is 8.31. The fourth-order valence-electron chi connectivity index (χ4n) is 2.26. The summed E-state index contributed by atoms with van der Waals surface area (Å²) in [5.74, 6) is -0.631. The molecule has 3 rings (SSSR count). The van der Waals surface area contributed by atoms with Crippen LogP contribution in [0.3, 0.4) is 0 Å². The lowest BCUT2D eigenvalue weighted by Gasteiger charge is -2.12. The average Bonchev–Trinajstić information content (AvgIpc) is 3.00. The minimum Gasteiger partial charge on any atom is -0.308 e. The van der Waals surface area contributed by atoms with Crippen LogP contribution < -0.4 is 10.6 Å². The molecule has 27 heavy (non-hydrogen) atoms. The Kier molecular flexibility index (Phi) is 6.06. The van der Waals surface area contributed by atoms with Gasteiger partial charge in [0.15, 0.2) is 0 Å². The maximum absolute atomic E-state index is 12.1. The van der Waals surface area contributed by atoms with Crippen LogP contribution in [0.5, 0.6) is 0 Å². The third-order valence-corrected chi connectivity index (χ3v) is 4.72. The summed E-state index contributed by atoms with van der Waals surface area (Å²) in [6.45, 7) is 0. The molecular weight excluding hydrogens is 478 g/mol. The van der Waals surface area contributed by atoms with Crippen LogP contribution in [0.1, 0.15) is 10.4 Å². The predicted molar refractivity (Wildman–Crippen MR) is 109 cm³/mol. The molecule has 0 unspecified atom stereocenters. The Morgan fingerprint density at radius 1 is 1.04 bits per heavy atom.